The van der Waals surface area contributed by atoms with Crippen molar-refractivity contribution in [1.29, 1.82) is 5.26 Å². The molecule has 1 aromatic heterocycles. The summed E-state index contributed by atoms with van der Waals surface area (Å²) in [7, 11) is -4.04. The van der Waals surface area contributed by atoms with Crippen molar-refractivity contribution in [2.24, 2.45) is 0 Å². The molecule has 9 nitrogen and oxygen atoms in total. The SMILES string of the molecule is N#CC1(NC(=O)[C@@H]2C[C@@H](S(=O)(=O)c3ccccc3Cl)CN2C(=O)C2(c3ncc(Cl)cc3F)CNC2)CC1. The molecule has 2 aromatic rings. The molecule has 0 spiro atoms. The van der Waals surface area contributed by atoms with Crippen LogP contribution in [0.2, 0.25) is 10.0 Å². The van der Waals surface area contributed by atoms with Crippen LogP contribution in [0, 0.1) is 17.1 Å². The molecule has 2 saturated heterocycles. The number of likely N-dealkylation sites (tertiary alicyclic amines) is 1. The van der Waals surface area contributed by atoms with Crippen molar-refractivity contribution in [3.63, 3.8) is 0 Å². The Balaban J connectivity index is 1.52. The zero-order chi connectivity index (χ0) is 26.6. The molecule has 3 heterocycles. The first-order valence-electron chi connectivity index (χ1n) is 11.6. The van der Waals surface area contributed by atoms with E-state index in [-0.39, 0.29) is 46.7 Å². The van der Waals surface area contributed by atoms with E-state index in [2.05, 4.69) is 21.7 Å². The molecule has 2 N–H and O–H groups in total. The lowest BCUT2D eigenvalue weighted by atomic mass is 9.76. The van der Waals surface area contributed by atoms with E-state index >= 15 is 0 Å². The number of nitriles is 1. The summed E-state index contributed by atoms with van der Waals surface area (Å²) in [6.07, 6.45) is 1.96. The van der Waals surface area contributed by atoms with E-state index in [4.69, 9.17) is 23.2 Å². The minimum Gasteiger partial charge on any atom is -0.336 e. The van der Waals surface area contributed by atoms with Crippen molar-refractivity contribution in [1.82, 2.24) is 20.5 Å². The van der Waals surface area contributed by atoms with E-state index in [1.165, 1.54) is 29.3 Å². The molecular formula is C24H22Cl2FN5O4S. The molecule has 2 aliphatic heterocycles. The van der Waals surface area contributed by atoms with Crippen molar-refractivity contribution >= 4 is 44.9 Å². The third-order valence-corrected chi connectivity index (χ3v) is 10.1. The summed E-state index contributed by atoms with van der Waals surface area (Å²) in [4.78, 5) is 32.5. The van der Waals surface area contributed by atoms with Crippen LogP contribution in [0.5, 0.6) is 0 Å². The van der Waals surface area contributed by atoms with E-state index in [1.807, 2.05) is 0 Å². The van der Waals surface area contributed by atoms with Crippen LogP contribution in [0.4, 0.5) is 4.39 Å². The van der Waals surface area contributed by atoms with Crippen LogP contribution in [0.25, 0.3) is 0 Å². The highest BCUT2D eigenvalue weighted by molar-refractivity contribution is 7.92. The van der Waals surface area contributed by atoms with Gasteiger partial charge in [-0.2, -0.15) is 5.26 Å². The minimum atomic E-state index is -4.04. The van der Waals surface area contributed by atoms with Crippen molar-refractivity contribution in [3.05, 3.63) is 58.1 Å². The molecule has 13 heteroatoms. The second-order valence-corrected chi connectivity index (χ2v) is 12.7. The van der Waals surface area contributed by atoms with Gasteiger partial charge in [-0.3, -0.25) is 14.6 Å². The number of rotatable bonds is 6. The molecular weight excluding hydrogens is 544 g/mol. The van der Waals surface area contributed by atoms with Crippen molar-refractivity contribution in [2.45, 2.75) is 46.4 Å². The van der Waals surface area contributed by atoms with Gasteiger partial charge in [0.15, 0.2) is 9.84 Å². The van der Waals surface area contributed by atoms with Gasteiger partial charge in [-0.05, 0) is 37.5 Å². The predicted molar refractivity (Wildman–Crippen MR) is 132 cm³/mol. The van der Waals surface area contributed by atoms with E-state index < -0.39 is 49.7 Å². The average molecular weight is 566 g/mol. The highest BCUT2D eigenvalue weighted by atomic mass is 35.5. The summed E-state index contributed by atoms with van der Waals surface area (Å²) in [5, 5.41) is 14.0. The number of nitrogens with zero attached hydrogens (tertiary/aromatic N) is 3. The van der Waals surface area contributed by atoms with Gasteiger partial charge in [0.05, 0.1) is 32.0 Å². The molecule has 0 bridgehead atoms. The van der Waals surface area contributed by atoms with E-state index in [0.717, 1.165) is 6.07 Å². The highest BCUT2D eigenvalue weighted by Gasteiger charge is 2.57. The number of halogens is 3. The number of hydrogen-bond donors (Lipinski definition) is 2. The molecule has 1 saturated carbocycles. The fourth-order valence-electron chi connectivity index (χ4n) is 4.90. The van der Waals surface area contributed by atoms with Gasteiger partial charge in [-0.25, -0.2) is 12.8 Å². The van der Waals surface area contributed by atoms with E-state index in [9.17, 15) is 27.7 Å². The minimum absolute atomic E-state index is 0.0294. The third kappa shape index (κ3) is 4.36. The summed E-state index contributed by atoms with van der Waals surface area (Å²) < 4.78 is 42.0. The van der Waals surface area contributed by atoms with Crippen molar-refractivity contribution in [3.8, 4) is 6.07 Å². The first-order valence-corrected chi connectivity index (χ1v) is 13.9. The second kappa shape index (κ2) is 9.20. The standard InChI is InChI=1S/C24H22Cl2FN5O4S/c25-14-7-17(27)20(30-9-14)24(12-29-13-24)22(34)32-10-15(37(35,36)19-4-2-1-3-16(19)26)8-18(32)21(33)31-23(11-28)5-6-23/h1-4,7,9,15,18,29H,5-6,8,10,12-13H2,(H,31,33)/t15-,18+/m1/s1. The Morgan fingerprint density at radius 2 is 1.95 bits per heavy atom. The Bertz CT molecular complexity index is 1440. The summed E-state index contributed by atoms with van der Waals surface area (Å²) in [6.45, 7) is -0.209. The van der Waals surface area contributed by atoms with Gasteiger partial charge >= 0.3 is 0 Å². The fourth-order valence-corrected chi connectivity index (χ4v) is 7.26. The van der Waals surface area contributed by atoms with Crippen LogP contribution < -0.4 is 10.6 Å². The molecule has 1 aliphatic carbocycles. The van der Waals surface area contributed by atoms with Gasteiger partial charge < -0.3 is 15.5 Å². The first kappa shape index (κ1) is 25.9. The monoisotopic (exact) mass is 565 g/mol. The summed E-state index contributed by atoms with van der Waals surface area (Å²) in [6, 6.07) is 7.89. The van der Waals surface area contributed by atoms with Crippen molar-refractivity contribution < 1.29 is 22.4 Å². The smallest absolute Gasteiger partial charge is 0.244 e. The fraction of sp³-hybridized carbons (Fsp3) is 0.417. The number of hydrogen-bond acceptors (Lipinski definition) is 7. The van der Waals surface area contributed by atoms with Gasteiger partial charge in [0, 0.05) is 25.8 Å². The summed E-state index contributed by atoms with van der Waals surface area (Å²) in [5.74, 6) is -2.03. The molecule has 194 valence electrons. The zero-order valence-electron chi connectivity index (χ0n) is 19.4. The topological polar surface area (TPSA) is 132 Å². The molecule has 3 fully saturated rings. The predicted octanol–water partition coefficient (Wildman–Crippen LogP) is 1.98. The normalized spacial score (nSPS) is 23.6. The number of benzene rings is 1. The zero-order valence-corrected chi connectivity index (χ0v) is 21.7. The van der Waals surface area contributed by atoms with Gasteiger partial charge in [-0.15, -0.1) is 0 Å². The molecule has 37 heavy (non-hydrogen) atoms. The molecule has 5 rings (SSSR count). The van der Waals surface area contributed by atoms with E-state index in [1.54, 1.807) is 6.07 Å². The van der Waals surface area contributed by atoms with Gasteiger partial charge in [-0.1, -0.05) is 35.3 Å². The molecule has 0 unspecified atom stereocenters. The van der Waals surface area contributed by atoms with Gasteiger partial charge in [0.1, 0.15) is 22.8 Å². The number of pyridine rings is 1. The van der Waals surface area contributed by atoms with Crippen LogP contribution in [0.1, 0.15) is 25.0 Å². The first-order chi connectivity index (χ1) is 17.5. The molecule has 3 aliphatic rings. The number of aromatic nitrogens is 1. The van der Waals surface area contributed by atoms with Crippen LogP contribution in [0.15, 0.2) is 41.4 Å². The Morgan fingerprint density at radius 1 is 1.24 bits per heavy atom. The summed E-state index contributed by atoms with van der Waals surface area (Å²) in [5.41, 5.74) is -2.60. The Morgan fingerprint density at radius 3 is 2.51 bits per heavy atom. The Labute approximate surface area is 222 Å². The maximum Gasteiger partial charge on any atom is 0.244 e. The molecule has 2 atom stereocenters. The third-order valence-electron chi connectivity index (χ3n) is 7.26. The van der Waals surface area contributed by atoms with Crippen LogP contribution in [-0.2, 0) is 24.8 Å². The largest absolute Gasteiger partial charge is 0.336 e. The maximum absolute atomic E-state index is 14.9. The Hall–Kier alpha value is -2.78. The van der Waals surface area contributed by atoms with Crippen LogP contribution >= 0.6 is 23.2 Å². The number of carbonyl (C=O) groups excluding carboxylic acids is 2. The van der Waals surface area contributed by atoms with E-state index in [0.29, 0.717) is 12.8 Å². The Kier molecular flexibility index (Phi) is 6.43. The van der Waals surface area contributed by atoms with Crippen LogP contribution in [-0.4, -0.2) is 66.6 Å². The van der Waals surface area contributed by atoms with Gasteiger partial charge in [0.2, 0.25) is 11.8 Å². The number of carbonyl (C=O) groups is 2. The second-order valence-electron chi connectivity index (χ2n) is 9.66. The number of amides is 2. The highest BCUT2D eigenvalue weighted by Crippen LogP contribution is 2.39. The van der Waals surface area contributed by atoms with Gasteiger partial charge in [0.25, 0.3) is 0 Å². The van der Waals surface area contributed by atoms with Crippen molar-refractivity contribution in [2.75, 3.05) is 19.6 Å². The lowest BCUT2D eigenvalue weighted by Gasteiger charge is -2.44. The summed E-state index contributed by atoms with van der Waals surface area (Å²) >= 11 is 12.0. The number of nitrogens with one attached hydrogen (secondary N) is 2. The van der Waals surface area contributed by atoms with Crippen LogP contribution in [0.3, 0.4) is 0 Å². The average Bonchev–Trinajstić information content (AvgIpc) is 3.44. The maximum atomic E-state index is 14.9. The quantitative estimate of drug-likeness (QED) is 0.547. The molecule has 0 radical (unpaired) electrons. The molecule has 2 amide bonds. The number of sulfone groups is 1. The molecule has 1 aromatic carbocycles. The lowest BCUT2D eigenvalue weighted by Crippen LogP contribution is -2.67. The lowest BCUT2D eigenvalue weighted by molar-refractivity contribution is -0.145.